The molecule has 0 saturated heterocycles. The zero-order valence-electron chi connectivity index (χ0n) is 10.8. The van der Waals surface area contributed by atoms with Crippen molar-refractivity contribution in [3.63, 3.8) is 0 Å². The van der Waals surface area contributed by atoms with Crippen molar-refractivity contribution in [3.05, 3.63) is 28.8 Å². The SMILES string of the molecule is CC(C)(C)c1noc(-c2cc3ncc(Br)cn3n2)n1. The molecule has 0 bridgehead atoms. The van der Waals surface area contributed by atoms with Gasteiger partial charge in [-0.05, 0) is 15.9 Å². The van der Waals surface area contributed by atoms with Crippen LogP contribution in [0.3, 0.4) is 0 Å². The summed E-state index contributed by atoms with van der Waals surface area (Å²) in [5.41, 5.74) is 1.20. The molecular weight excluding hydrogens is 310 g/mol. The van der Waals surface area contributed by atoms with Crippen LogP contribution in [0.5, 0.6) is 0 Å². The van der Waals surface area contributed by atoms with Gasteiger partial charge < -0.3 is 4.52 Å². The van der Waals surface area contributed by atoms with E-state index in [1.807, 2.05) is 33.0 Å². The fraction of sp³-hybridized carbons (Fsp3) is 0.333. The van der Waals surface area contributed by atoms with Crippen molar-refractivity contribution >= 4 is 21.6 Å². The highest BCUT2D eigenvalue weighted by Crippen LogP contribution is 2.23. The Morgan fingerprint density at radius 1 is 1.32 bits per heavy atom. The van der Waals surface area contributed by atoms with Crippen molar-refractivity contribution in [1.29, 1.82) is 0 Å². The van der Waals surface area contributed by atoms with Crippen LogP contribution >= 0.6 is 15.9 Å². The third-order valence-electron chi connectivity index (χ3n) is 2.60. The number of hydrogen-bond donors (Lipinski definition) is 0. The van der Waals surface area contributed by atoms with Crippen molar-refractivity contribution < 1.29 is 4.52 Å². The molecule has 0 N–H and O–H groups in total. The van der Waals surface area contributed by atoms with Gasteiger partial charge in [0.25, 0.3) is 5.89 Å². The van der Waals surface area contributed by atoms with Gasteiger partial charge in [-0.25, -0.2) is 9.50 Å². The standard InChI is InChI=1S/C12H12BrN5O/c1-12(2,3)11-15-10(19-17-11)8-4-9-14-5-7(13)6-18(9)16-8/h4-6H,1-3H3. The van der Waals surface area contributed by atoms with E-state index in [1.165, 1.54) is 0 Å². The van der Waals surface area contributed by atoms with Crippen LogP contribution in [0.2, 0.25) is 0 Å². The average molecular weight is 322 g/mol. The van der Waals surface area contributed by atoms with Crippen LogP contribution in [-0.2, 0) is 5.41 Å². The molecule has 0 fully saturated rings. The lowest BCUT2D eigenvalue weighted by Crippen LogP contribution is -2.13. The molecule has 3 rings (SSSR count). The molecule has 0 radical (unpaired) electrons. The van der Waals surface area contributed by atoms with Gasteiger partial charge in [0.1, 0.15) is 0 Å². The van der Waals surface area contributed by atoms with Crippen LogP contribution in [-0.4, -0.2) is 24.7 Å². The van der Waals surface area contributed by atoms with Gasteiger partial charge in [0.2, 0.25) is 0 Å². The molecule has 3 aromatic heterocycles. The lowest BCUT2D eigenvalue weighted by molar-refractivity contribution is 0.401. The normalized spacial score (nSPS) is 12.2. The summed E-state index contributed by atoms with van der Waals surface area (Å²) in [6, 6.07) is 1.81. The van der Waals surface area contributed by atoms with E-state index >= 15 is 0 Å². The molecule has 3 heterocycles. The van der Waals surface area contributed by atoms with Crippen molar-refractivity contribution in [2.75, 3.05) is 0 Å². The van der Waals surface area contributed by atoms with Gasteiger partial charge in [-0.3, -0.25) is 0 Å². The maximum Gasteiger partial charge on any atom is 0.278 e. The highest BCUT2D eigenvalue weighted by molar-refractivity contribution is 9.10. The van der Waals surface area contributed by atoms with E-state index in [0.29, 0.717) is 17.4 Å². The number of aromatic nitrogens is 5. The summed E-state index contributed by atoms with van der Waals surface area (Å²) < 4.78 is 7.78. The lowest BCUT2D eigenvalue weighted by atomic mass is 9.96. The maximum atomic E-state index is 5.26. The largest absolute Gasteiger partial charge is 0.332 e. The Balaban J connectivity index is 2.07. The van der Waals surface area contributed by atoms with Gasteiger partial charge in [-0.1, -0.05) is 25.9 Å². The number of hydrogen-bond acceptors (Lipinski definition) is 5. The Labute approximate surface area is 118 Å². The summed E-state index contributed by atoms with van der Waals surface area (Å²) in [7, 11) is 0. The van der Waals surface area contributed by atoms with E-state index in [1.54, 1.807) is 10.7 Å². The molecule has 19 heavy (non-hydrogen) atoms. The van der Waals surface area contributed by atoms with Crippen LogP contribution in [0.1, 0.15) is 26.6 Å². The number of halogens is 1. The number of nitrogens with zero attached hydrogens (tertiary/aromatic N) is 5. The second-order valence-corrected chi connectivity index (χ2v) is 6.19. The average Bonchev–Trinajstić information content (AvgIpc) is 2.92. The minimum Gasteiger partial charge on any atom is -0.332 e. The lowest BCUT2D eigenvalue weighted by Gasteiger charge is -2.10. The topological polar surface area (TPSA) is 69.1 Å². The van der Waals surface area contributed by atoms with Gasteiger partial charge in [0.15, 0.2) is 17.2 Å². The molecular formula is C12H12BrN5O. The quantitative estimate of drug-likeness (QED) is 0.689. The molecule has 0 aliphatic rings. The van der Waals surface area contributed by atoms with Crippen LogP contribution in [0, 0.1) is 0 Å². The molecule has 0 aromatic carbocycles. The zero-order chi connectivity index (χ0) is 13.6. The van der Waals surface area contributed by atoms with Gasteiger partial charge >= 0.3 is 0 Å². The summed E-state index contributed by atoms with van der Waals surface area (Å²) in [6.45, 7) is 6.10. The van der Waals surface area contributed by atoms with Crippen LogP contribution < -0.4 is 0 Å². The van der Waals surface area contributed by atoms with E-state index in [0.717, 1.165) is 10.1 Å². The third-order valence-corrected chi connectivity index (χ3v) is 3.01. The fourth-order valence-electron chi connectivity index (χ4n) is 1.59. The van der Waals surface area contributed by atoms with Crippen molar-refractivity contribution in [2.45, 2.75) is 26.2 Å². The van der Waals surface area contributed by atoms with E-state index < -0.39 is 0 Å². The molecule has 0 spiro atoms. The molecule has 3 aromatic rings. The molecule has 0 saturated carbocycles. The molecule has 0 aliphatic heterocycles. The summed E-state index contributed by atoms with van der Waals surface area (Å²) in [6.07, 6.45) is 3.54. The van der Waals surface area contributed by atoms with Crippen molar-refractivity contribution in [1.82, 2.24) is 24.7 Å². The number of rotatable bonds is 1. The first-order valence-electron chi connectivity index (χ1n) is 5.79. The summed E-state index contributed by atoms with van der Waals surface area (Å²) in [4.78, 5) is 8.62. The summed E-state index contributed by atoms with van der Waals surface area (Å²) in [5.74, 6) is 1.07. The van der Waals surface area contributed by atoms with Gasteiger partial charge in [0, 0.05) is 23.9 Å². The number of fused-ring (bicyclic) bond motifs is 1. The van der Waals surface area contributed by atoms with E-state index in [-0.39, 0.29) is 5.41 Å². The highest BCUT2D eigenvalue weighted by atomic mass is 79.9. The van der Waals surface area contributed by atoms with Crippen LogP contribution in [0.25, 0.3) is 17.2 Å². The van der Waals surface area contributed by atoms with E-state index in [2.05, 4.69) is 36.2 Å². The Morgan fingerprint density at radius 3 is 2.79 bits per heavy atom. The summed E-state index contributed by atoms with van der Waals surface area (Å²) >= 11 is 3.35. The summed E-state index contributed by atoms with van der Waals surface area (Å²) in [5, 5.41) is 8.35. The molecule has 7 heteroatoms. The molecule has 0 aliphatic carbocycles. The molecule has 0 unspecified atom stereocenters. The van der Waals surface area contributed by atoms with Gasteiger partial charge in [-0.15, -0.1) is 0 Å². The van der Waals surface area contributed by atoms with E-state index in [4.69, 9.17) is 4.52 Å². The van der Waals surface area contributed by atoms with Gasteiger partial charge in [-0.2, -0.15) is 10.1 Å². The predicted octanol–water partition coefficient (Wildman–Crippen LogP) is 2.84. The monoisotopic (exact) mass is 321 g/mol. The first kappa shape index (κ1) is 12.3. The first-order valence-corrected chi connectivity index (χ1v) is 6.58. The second kappa shape index (κ2) is 4.12. The Kier molecular flexibility index (Phi) is 2.67. The third kappa shape index (κ3) is 2.25. The van der Waals surface area contributed by atoms with Crippen molar-refractivity contribution in [3.8, 4) is 11.6 Å². The highest BCUT2D eigenvalue weighted by Gasteiger charge is 2.22. The van der Waals surface area contributed by atoms with Crippen molar-refractivity contribution in [2.24, 2.45) is 0 Å². The first-order chi connectivity index (χ1) is 8.93. The minimum absolute atomic E-state index is 0.151. The molecule has 98 valence electrons. The Bertz CT molecular complexity index is 740. The molecule has 6 nitrogen and oxygen atoms in total. The Morgan fingerprint density at radius 2 is 2.11 bits per heavy atom. The smallest absolute Gasteiger partial charge is 0.278 e. The zero-order valence-corrected chi connectivity index (χ0v) is 12.3. The van der Waals surface area contributed by atoms with Crippen LogP contribution in [0.15, 0.2) is 27.5 Å². The predicted molar refractivity (Wildman–Crippen MR) is 72.7 cm³/mol. The fourth-order valence-corrected chi connectivity index (χ4v) is 1.89. The van der Waals surface area contributed by atoms with Crippen LogP contribution in [0.4, 0.5) is 0 Å². The molecule has 0 atom stereocenters. The maximum absolute atomic E-state index is 5.26. The van der Waals surface area contributed by atoms with Gasteiger partial charge in [0.05, 0.1) is 4.47 Å². The minimum atomic E-state index is -0.151. The second-order valence-electron chi connectivity index (χ2n) is 5.28. The van der Waals surface area contributed by atoms with E-state index in [9.17, 15) is 0 Å². The molecule has 0 amide bonds. The Hall–Kier alpha value is -1.76.